The lowest BCUT2D eigenvalue weighted by atomic mass is 10.1. The second kappa shape index (κ2) is 7.41. The average molecular weight is 374 g/mol. The van der Waals surface area contributed by atoms with E-state index in [1.165, 1.54) is 18.2 Å². The smallest absolute Gasteiger partial charge is 0.416 e. The molecule has 27 heavy (non-hydrogen) atoms. The number of hydrogen-bond donors (Lipinski definition) is 1. The number of amides is 1. The lowest BCUT2D eigenvalue weighted by Crippen LogP contribution is -2.17. The third-order valence-electron chi connectivity index (χ3n) is 3.71. The van der Waals surface area contributed by atoms with Gasteiger partial charge >= 0.3 is 6.18 Å². The van der Waals surface area contributed by atoms with Crippen LogP contribution in [0.4, 0.5) is 18.9 Å². The van der Waals surface area contributed by atoms with Crippen LogP contribution in [0.5, 0.6) is 11.5 Å². The van der Waals surface area contributed by atoms with Crippen molar-refractivity contribution in [2.24, 2.45) is 0 Å². The number of carbonyl (C=O) groups excluding carboxylic acids is 1. The summed E-state index contributed by atoms with van der Waals surface area (Å²) in [5.74, 6) is 0.346. The Hall–Kier alpha value is -3.47. The van der Waals surface area contributed by atoms with Gasteiger partial charge in [-0.25, -0.2) is 0 Å². The van der Waals surface area contributed by atoms with Gasteiger partial charge in [-0.3, -0.25) is 4.79 Å². The number of hydrogen-bond acceptors (Lipinski definition) is 4. The highest BCUT2D eigenvalue weighted by Gasteiger charge is 2.29. The van der Waals surface area contributed by atoms with Gasteiger partial charge in [0, 0.05) is 11.8 Å². The van der Waals surface area contributed by atoms with Crippen molar-refractivity contribution >= 4 is 17.7 Å². The maximum Gasteiger partial charge on any atom is 0.416 e. The van der Waals surface area contributed by atoms with Crippen LogP contribution >= 0.6 is 0 Å². The van der Waals surface area contributed by atoms with Crippen molar-refractivity contribution < 1.29 is 27.4 Å². The third kappa shape index (κ3) is 4.39. The quantitative estimate of drug-likeness (QED) is 0.651. The van der Waals surface area contributed by atoms with E-state index in [-0.39, 0.29) is 5.57 Å². The molecule has 0 aliphatic carbocycles. The fraction of sp³-hybridized carbons (Fsp3) is 0.158. The van der Waals surface area contributed by atoms with Crippen LogP contribution in [-0.2, 0) is 11.0 Å². The Labute approximate surface area is 152 Å². The molecule has 1 heterocycles. The van der Waals surface area contributed by atoms with Crippen molar-refractivity contribution in [2.75, 3.05) is 18.5 Å². The zero-order valence-electron chi connectivity index (χ0n) is 13.8. The summed E-state index contributed by atoms with van der Waals surface area (Å²) in [7, 11) is 0. The van der Waals surface area contributed by atoms with Crippen LogP contribution in [0, 0.1) is 11.3 Å². The highest BCUT2D eigenvalue weighted by Crippen LogP contribution is 2.33. The zero-order chi connectivity index (χ0) is 19.4. The van der Waals surface area contributed by atoms with Gasteiger partial charge in [-0.05, 0) is 35.9 Å². The van der Waals surface area contributed by atoms with Gasteiger partial charge in [-0.1, -0.05) is 12.1 Å². The highest BCUT2D eigenvalue weighted by atomic mass is 19.4. The standard InChI is InChI=1S/C19H13F3N2O3/c20-19(21,22)14-3-1-12(2-4-14)9-13(11-23)18(25)24-15-5-6-16-17(10-15)27-8-7-26-16/h1-6,9-10H,7-8H2,(H,24,25). The summed E-state index contributed by atoms with van der Waals surface area (Å²) in [5.41, 5.74) is -0.349. The molecule has 0 unspecified atom stereocenters. The topological polar surface area (TPSA) is 71.4 Å². The zero-order valence-corrected chi connectivity index (χ0v) is 13.8. The van der Waals surface area contributed by atoms with E-state index in [1.54, 1.807) is 24.3 Å². The molecule has 138 valence electrons. The number of anilines is 1. The number of fused-ring (bicyclic) bond motifs is 1. The number of ether oxygens (including phenoxy) is 2. The van der Waals surface area contributed by atoms with Gasteiger partial charge in [0.05, 0.1) is 5.56 Å². The van der Waals surface area contributed by atoms with Crippen molar-refractivity contribution in [3.8, 4) is 17.6 Å². The predicted molar refractivity (Wildman–Crippen MR) is 91.1 cm³/mol. The van der Waals surface area contributed by atoms with Gasteiger partial charge < -0.3 is 14.8 Å². The van der Waals surface area contributed by atoms with Crippen LogP contribution < -0.4 is 14.8 Å². The van der Waals surface area contributed by atoms with Crippen molar-refractivity contribution in [1.82, 2.24) is 0 Å². The molecule has 0 saturated carbocycles. The Balaban J connectivity index is 1.76. The van der Waals surface area contributed by atoms with Gasteiger partial charge in [-0.15, -0.1) is 0 Å². The molecule has 1 aliphatic heterocycles. The molecule has 1 amide bonds. The fourth-order valence-corrected chi connectivity index (χ4v) is 2.40. The number of nitriles is 1. The van der Waals surface area contributed by atoms with E-state index in [1.807, 2.05) is 0 Å². The summed E-state index contributed by atoms with van der Waals surface area (Å²) < 4.78 is 48.6. The summed E-state index contributed by atoms with van der Waals surface area (Å²) in [4.78, 5) is 12.3. The van der Waals surface area contributed by atoms with E-state index >= 15 is 0 Å². The molecule has 0 atom stereocenters. The summed E-state index contributed by atoms with van der Waals surface area (Å²) in [5, 5.41) is 11.8. The van der Waals surface area contributed by atoms with Crippen molar-refractivity contribution in [2.45, 2.75) is 6.18 Å². The van der Waals surface area contributed by atoms with E-state index in [9.17, 15) is 23.2 Å². The summed E-state index contributed by atoms with van der Waals surface area (Å²) in [6.07, 6.45) is -3.23. The summed E-state index contributed by atoms with van der Waals surface area (Å²) >= 11 is 0. The third-order valence-corrected chi connectivity index (χ3v) is 3.71. The average Bonchev–Trinajstić information content (AvgIpc) is 2.65. The summed E-state index contributed by atoms with van der Waals surface area (Å²) in [6, 6.07) is 10.7. The van der Waals surface area contributed by atoms with Gasteiger partial charge in [0.1, 0.15) is 24.9 Å². The van der Waals surface area contributed by atoms with Gasteiger partial charge in [-0.2, -0.15) is 18.4 Å². The largest absolute Gasteiger partial charge is 0.486 e. The lowest BCUT2D eigenvalue weighted by Gasteiger charge is -2.18. The molecule has 1 N–H and O–H groups in total. The number of benzene rings is 2. The van der Waals surface area contributed by atoms with Crippen molar-refractivity contribution in [3.63, 3.8) is 0 Å². The first-order valence-corrected chi connectivity index (χ1v) is 7.87. The minimum Gasteiger partial charge on any atom is -0.486 e. The van der Waals surface area contributed by atoms with E-state index in [2.05, 4.69) is 5.32 Å². The van der Waals surface area contributed by atoms with E-state index in [0.29, 0.717) is 36.0 Å². The van der Waals surface area contributed by atoms with E-state index in [4.69, 9.17) is 9.47 Å². The number of nitrogens with zero attached hydrogens (tertiary/aromatic N) is 1. The molecular weight excluding hydrogens is 361 g/mol. The number of alkyl halides is 3. The minimum atomic E-state index is -4.45. The number of carbonyl (C=O) groups is 1. The number of halogens is 3. The monoisotopic (exact) mass is 374 g/mol. The van der Waals surface area contributed by atoms with Crippen molar-refractivity contribution in [1.29, 1.82) is 5.26 Å². The second-order valence-corrected chi connectivity index (χ2v) is 5.60. The SMILES string of the molecule is N#CC(=Cc1ccc(C(F)(F)F)cc1)C(=O)Nc1ccc2c(c1)OCCO2. The van der Waals surface area contributed by atoms with E-state index < -0.39 is 17.6 Å². The molecule has 1 aliphatic rings. The molecule has 0 bridgehead atoms. The number of rotatable bonds is 3. The molecule has 0 saturated heterocycles. The normalized spacial score (nSPS) is 13.6. The molecule has 2 aromatic rings. The van der Waals surface area contributed by atoms with E-state index in [0.717, 1.165) is 12.1 Å². The Bertz CT molecular complexity index is 929. The summed E-state index contributed by atoms with van der Waals surface area (Å²) in [6.45, 7) is 0.828. The molecule has 8 heteroatoms. The second-order valence-electron chi connectivity index (χ2n) is 5.60. The van der Waals surface area contributed by atoms with Gasteiger partial charge in [0.2, 0.25) is 0 Å². The van der Waals surface area contributed by atoms with Crippen molar-refractivity contribution in [3.05, 3.63) is 59.2 Å². The Morgan fingerprint density at radius 2 is 1.74 bits per heavy atom. The lowest BCUT2D eigenvalue weighted by molar-refractivity contribution is -0.137. The molecular formula is C19H13F3N2O3. The van der Waals surface area contributed by atoms with Gasteiger partial charge in [0.15, 0.2) is 11.5 Å². The molecule has 0 spiro atoms. The first-order chi connectivity index (χ1) is 12.9. The molecule has 0 aromatic heterocycles. The van der Waals surface area contributed by atoms with Crippen LogP contribution in [0.15, 0.2) is 48.0 Å². The predicted octanol–water partition coefficient (Wildman–Crippen LogP) is 4.02. The maximum absolute atomic E-state index is 12.6. The Kier molecular flexibility index (Phi) is 5.03. The highest BCUT2D eigenvalue weighted by molar-refractivity contribution is 6.09. The minimum absolute atomic E-state index is 0.246. The van der Waals surface area contributed by atoms with Crippen LogP contribution in [0.2, 0.25) is 0 Å². The fourth-order valence-electron chi connectivity index (χ4n) is 2.40. The molecule has 5 nitrogen and oxygen atoms in total. The Morgan fingerprint density at radius 3 is 2.37 bits per heavy atom. The molecule has 0 fully saturated rings. The molecule has 2 aromatic carbocycles. The molecule has 3 rings (SSSR count). The first kappa shape index (κ1) is 18.3. The maximum atomic E-state index is 12.6. The first-order valence-electron chi connectivity index (χ1n) is 7.87. The number of nitrogens with one attached hydrogen (secondary N) is 1. The van der Waals surface area contributed by atoms with Crippen LogP contribution in [0.3, 0.4) is 0 Å². The van der Waals surface area contributed by atoms with Gasteiger partial charge in [0.25, 0.3) is 5.91 Å². The van der Waals surface area contributed by atoms with Crippen LogP contribution in [-0.4, -0.2) is 19.1 Å². The van der Waals surface area contributed by atoms with Crippen LogP contribution in [0.1, 0.15) is 11.1 Å². The Morgan fingerprint density at radius 1 is 1.07 bits per heavy atom. The van der Waals surface area contributed by atoms with Crippen LogP contribution in [0.25, 0.3) is 6.08 Å². The molecule has 0 radical (unpaired) electrons.